The van der Waals surface area contributed by atoms with Gasteiger partial charge in [0, 0.05) is 0 Å². The van der Waals surface area contributed by atoms with Gasteiger partial charge in [0.25, 0.3) is 0 Å². The van der Waals surface area contributed by atoms with Crippen LogP contribution in [-0.2, 0) is 0 Å². The highest BCUT2D eigenvalue weighted by Crippen LogP contribution is 2.12. The summed E-state index contributed by atoms with van der Waals surface area (Å²) in [4.78, 5) is 21.7. The van der Waals surface area contributed by atoms with E-state index >= 15 is 0 Å². The second-order valence-electron chi connectivity index (χ2n) is 4.19. The Bertz CT molecular complexity index is 627. The van der Waals surface area contributed by atoms with E-state index in [2.05, 4.69) is 0 Å². The summed E-state index contributed by atoms with van der Waals surface area (Å²) in [5.74, 6) is -1.96. The monoisotopic (exact) mass is 268 g/mol. The molecule has 0 unspecified atom stereocenters. The van der Waals surface area contributed by atoms with Crippen LogP contribution in [0.1, 0.15) is 31.8 Å². The minimum atomic E-state index is -0.979. The summed E-state index contributed by atoms with van der Waals surface area (Å²) in [6.07, 6.45) is 3.49. The molecule has 4 heteroatoms. The standard InChI is InChI=1S/C16H12O4/c17-15(18)13-5-1-3-11(9-13)7-8-12-4-2-6-14(10-12)16(19)20/h1-10H,(H,17,18)(H,19,20). The lowest BCUT2D eigenvalue weighted by molar-refractivity contribution is 0.0686. The van der Waals surface area contributed by atoms with E-state index in [0.29, 0.717) is 0 Å². The molecular formula is C16H12O4. The van der Waals surface area contributed by atoms with Gasteiger partial charge in [-0.25, -0.2) is 9.59 Å². The number of rotatable bonds is 4. The van der Waals surface area contributed by atoms with E-state index in [4.69, 9.17) is 10.2 Å². The van der Waals surface area contributed by atoms with Gasteiger partial charge in [-0.1, -0.05) is 36.4 Å². The molecule has 0 atom stereocenters. The molecule has 0 fully saturated rings. The highest BCUT2D eigenvalue weighted by atomic mass is 16.4. The van der Waals surface area contributed by atoms with Crippen molar-refractivity contribution in [2.75, 3.05) is 0 Å². The van der Waals surface area contributed by atoms with Crippen LogP contribution in [0.2, 0.25) is 0 Å². The van der Waals surface area contributed by atoms with Gasteiger partial charge in [-0.2, -0.15) is 0 Å². The summed E-state index contributed by atoms with van der Waals surface area (Å²) in [7, 11) is 0. The van der Waals surface area contributed by atoms with Gasteiger partial charge in [0.2, 0.25) is 0 Å². The fourth-order valence-electron chi connectivity index (χ4n) is 1.74. The molecule has 4 nitrogen and oxygen atoms in total. The Morgan fingerprint density at radius 3 is 1.50 bits per heavy atom. The summed E-state index contributed by atoms with van der Waals surface area (Å²) in [6.45, 7) is 0. The smallest absolute Gasteiger partial charge is 0.335 e. The summed E-state index contributed by atoms with van der Waals surface area (Å²) < 4.78 is 0. The fourth-order valence-corrected chi connectivity index (χ4v) is 1.74. The van der Waals surface area contributed by atoms with E-state index in [0.717, 1.165) is 11.1 Å². The lowest BCUT2D eigenvalue weighted by Gasteiger charge is -1.98. The molecule has 100 valence electrons. The van der Waals surface area contributed by atoms with E-state index in [1.54, 1.807) is 48.6 Å². The van der Waals surface area contributed by atoms with Gasteiger partial charge in [0.05, 0.1) is 11.1 Å². The third-order valence-electron chi connectivity index (χ3n) is 2.74. The van der Waals surface area contributed by atoms with Crippen LogP contribution in [0.15, 0.2) is 48.5 Å². The molecule has 0 saturated carbocycles. The zero-order valence-electron chi connectivity index (χ0n) is 10.5. The van der Waals surface area contributed by atoms with Crippen molar-refractivity contribution in [3.63, 3.8) is 0 Å². The molecule has 0 aliphatic carbocycles. The summed E-state index contributed by atoms with van der Waals surface area (Å²) in [6, 6.07) is 13.0. The molecule has 0 bridgehead atoms. The van der Waals surface area contributed by atoms with Crippen molar-refractivity contribution in [2.45, 2.75) is 0 Å². The number of carbonyl (C=O) groups is 2. The van der Waals surface area contributed by atoms with Crippen LogP contribution in [0, 0.1) is 0 Å². The molecule has 0 radical (unpaired) electrons. The normalized spacial score (nSPS) is 10.6. The molecule has 2 aromatic carbocycles. The van der Waals surface area contributed by atoms with Crippen molar-refractivity contribution in [1.82, 2.24) is 0 Å². The van der Waals surface area contributed by atoms with E-state index in [9.17, 15) is 9.59 Å². The molecule has 2 rings (SSSR count). The van der Waals surface area contributed by atoms with Gasteiger partial charge in [0.1, 0.15) is 0 Å². The molecule has 0 aromatic heterocycles. The third kappa shape index (κ3) is 3.32. The maximum Gasteiger partial charge on any atom is 0.335 e. The van der Waals surface area contributed by atoms with E-state index < -0.39 is 11.9 Å². The predicted octanol–water partition coefficient (Wildman–Crippen LogP) is 3.25. The maximum absolute atomic E-state index is 10.9. The first-order valence-corrected chi connectivity index (χ1v) is 5.91. The Kier molecular flexibility index (Phi) is 3.96. The summed E-state index contributed by atoms with van der Waals surface area (Å²) in [5.41, 5.74) is 1.91. The van der Waals surface area contributed by atoms with Crippen molar-refractivity contribution in [3.05, 3.63) is 70.8 Å². The lowest BCUT2D eigenvalue weighted by atomic mass is 10.1. The average Bonchev–Trinajstić information content (AvgIpc) is 2.45. The minimum absolute atomic E-state index is 0.214. The summed E-state index contributed by atoms with van der Waals surface area (Å²) >= 11 is 0. The minimum Gasteiger partial charge on any atom is -0.478 e. The van der Waals surface area contributed by atoms with Crippen molar-refractivity contribution in [1.29, 1.82) is 0 Å². The predicted molar refractivity (Wildman–Crippen MR) is 75.7 cm³/mol. The van der Waals surface area contributed by atoms with Gasteiger partial charge in [0.15, 0.2) is 0 Å². The number of hydrogen-bond donors (Lipinski definition) is 2. The average molecular weight is 268 g/mol. The van der Waals surface area contributed by atoms with Crippen LogP contribution in [0.3, 0.4) is 0 Å². The van der Waals surface area contributed by atoms with E-state index in [1.807, 2.05) is 0 Å². The van der Waals surface area contributed by atoms with Crippen molar-refractivity contribution >= 4 is 24.1 Å². The zero-order chi connectivity index (χ0) is 14.5. The maximum atomic E-state index is 10.9. The first kappa shape index (κ1) is 13.5. The molecule has 0 heterocycles. The Labute approximate surface area is 115 Å². The van der Waals surface area contributed by atoms with Gasteiger partial charge >= 0.3 is 11.9 Å². The SMILES string of the molecule is O=C(O)c1cccc(C=Cc2cccc(C(=O)O)c2)c1. The Balaban J connectivity index is 2.25. The molecule has 0 spiro atoms. The van der Waals surface area contributed by atoms with Gasteiger partial charge in [-0.3, -0.25) is 0 Å². The third-order valence-corrected chi connectivity index (χ3v) is 2.74. The van der Waals surface area contributed by atoms with Crippen LogP contribution >= 0.6 is 0 Å². The molecule has 0 aliphatic rings. The lowest BCUT2D eigenvalue weighted by Crippen LogP contribution is -1.96. The van der Waals surface area contributed by atoms with Gasteiger partial charge in [-0.15, -0.1) is 0 Å². The highest BCUT2D eigenvalue weighted by Gasteiger charge is 2.02. The highest BCUT2D eigenvalue weighted by molar-refractivity contribution is 5.90. The van der Waals surface area contributed by atoms with E-state index in [1.165, 1.54) is 12.1 Å². The Hall–Kier alpha value is -2.88. The summed E-state index contributed by atoms with van der Waals surface area (Å²) in [5, 5.41) is 17.8. The van der Waals surface area contributed by atoms with E-state index in [-0.39, 0.29) is 11.1 Å². The zero-order valence-corrected chi connectivity index (χ0v) is 10.5. The largest absolute Gasteiger partial charge is 0.478 e. The number of aromatic carboxylic acids is 2. The van der Waals surface area contributed by atoms with Gasteiger partial charge < -0.3 is 10.2 Å². The molecule has 20 heavy (non-hydrogen) atoms. The quantitative estimate of drug-likeness (QED) is 0.835. The van der Waals surface area contributed by atoms with Crippen LogP contribution in [0.5, 0.6) is 0 Å². The topological polar surface area (TPSA) is 74.6 Å². The second-order valence-corrected chi connectivity index (χ2v) is 4.19. The molecular weight excluding hydrogens is 256 g/mol. The fraction of sp³-hybridized carbons (Fsp3) is 0. The number of benzene rings is 2. The van der Waals surface area contributed by atoms with Crippen molar-refractivity contribution in [2.24, 2.45) is 0 Å². The first-order chi connectivity index (χ1) is 9.56. The molecule has 2 N–H and O–H groups in total. The number of hydrogen-bond acceptors (Lipinski definition) is 2. The first-order valence-electron chi connectivity index (χ1n) is 5.91. The molecule has 0 saturated heterocycles. The van der Waals surface area contributed by atoms with Crippen molar-refractivity contribution in [3.8, 4) is 0 Å². The van der Waals surface area contributed by atoms with Crippen LogP contribution in [-0.4, -0.2) is 22.2 Å². The van der Waals surface area contributed by atoms with Crippen molar-refractivity contribution < 1.29 is 19.8 Å². The molecule has 0 amide bonds. The number of carboxylic acids is 2. The second kappa shape index (κ2) is 5.84. The Morgan fingerprint density at radius 1 is 0.750 bits per heavy atom. The number of carboxylic acid groups (broad SMARTS) is 2. The van der Waals surface area contributed by atoms with Crippen LogP contribution in [0.4, 0.5) is 0 Å². The Morgan fingerprint density at radius 2 is 1.15 bits per heavy atom. The van der Waals surface area contributed by atoms with Crippen LogP contribution < -0.4 is 0 Å². The molecule has 2 aromatic rings. The van der Waals surface area contributed by atoms with Crippen LogP contribution in [0.25, 0.3) is 12.2 Å². The molecule has 0 aliphatic heterocycles. The van der Waals surface area contributed by atoms with Gasteiger partial charge in [-0.05, 0) is 35.4 Å².